The summed E-state index contributed by atoms with van der Waals surface area (Å²) in [4.78, 5) is 12.9. The van der Waals surface area contributed by atoms with E-state index in [0.717, 1.165) is 12.1 Å². The van der Waals surface area contributed by atoms with Gasteiger partial charge in [-0.05, 0) is 25.1 Å². The summed E-state index contributed by atoms with van der Waals surface area (Å²) in [6.07, 6.45) is -4.40. The average molecular weight is 244 g/mol. The first-order valence-corrected chi connectivity index (χ1v) is 5.06. The van der Waals surface area contributed by atoms with Crippen molar-refractivity contribution in [2.75, 3.05) is 17.3 Å². The molecule has 0 saturated carbocycles. The Bertz CT molecular complexity index is 470. The molecule has 0 saturated heterocycles. The Labute approximate surface area is 96.2 Å². The first-order valence-electron chi connectivity index (χ1n) is 5.06. The third kappa shape index (κ3) is 1.94. The van der Waals surface area contributed by atoms with Gasteiger partial charge < -0.3 is 10.2 Å². The lowest BCUT2D eigenvalue weighted by Gasteiger charge is -2.31. The minimum Gasteiger partial charge on any atom is -0.372 e. The highest BCUT2D eigenvalue weighted by atomic mass is 19.4. The van der Waals surface area contributed by atoms with Crippen LogP contribution in [0.1, 0.15) is 12.5 Å². The van der Waals surface area contributed by atoms with E-state index < -0.39 is 17.8 Å². The predicted octanol–water partition coefficient (Wildman–Crippen LogP) is 2.48. The minimum absolute atomic E-state index is 0.253. The van der Waals surface area contributed by atoms with E-state index in [1.807, 2.05) is 0 Å². The van der Waals surface area contributed by atoms with E-state index in [-0.39, 0.29) is 11.6 Å². The van der Waals surface area contributed by atoms with Crippen LogP contribution in [0.2, 0.25) is 0 Å². The summed E-state index contributed by atoms with van der Waals surface area (Å²) >= 11 is 0. The Morgan fingerprint density at radius 2 is 2.00 bits per heavy atom. The fourth-order valence-electron chi connectivity index (χ4n) is 1.81. The van der Waals surface area contributed by atoms with E-state index in [9.17, 15) is 18.0 Å². The number of carbonyl (C=O) groups excluding carboxylic acids is 1. The number of hydrogen-bond acceptors (Lipinski definition) is 2. The van der Waals surface area contributed by atoms with Crippen molar-refractivity contribution in [2.45, 2.75) is 19.1 Å². The molecule has 1 unspecified atom stereocenters. The van der Waals surface area contributed by atoms with Gasteiger partial charge in [-0.25, -0.2) is 0 Å². The summed E-state index contributed by atoms with van der Waals surface area (Å²) in [7, 11) is 1.47. The number of benzene rings is 1. The predicted molar refractivity (Wildman–Crippen MR) is 57.9 cm³/mol. The lowest BCUT2D eigenvalue weighted by Crippen LogP contribution is -2.43. The van der Waals surface area contributed by atoms with Crippen molar-refractivity contribution in [2.24, 2.45) is 0 Å². The Morgan fingerprint density at radius 3 is 2.59 bits per heavy atom. The summed E-state index contributed by atoms with van der Waals surface area (Å²) < 4.78 is 37.6. The average Bonchev–Trinajstić information content (AvgIpc) is 2.24. The van der Waals surface area contributed by atoms with E-state index >= 15 is 0 Å². The quantitative estimate of drug-likeness (QED) is 0.760. The Balaban J connectivity index is 2.49. The molecule has 1 N–H and O–H groups in total. The number of amides is 1. The molecule has 3 nitrogen and oxygen atoms in total. The van der Waals surface area contributed by atoms with Crippen molar-refractivity contribution in [3.05, 3.63) is 23.8 Å². The molecule has 0 aliphatic carbocycles. The smallest absolute Gasteiger partial charge is 0.372 e. The van der Waals surface area contributed by atoms with Gasteiger partial charge in [0.25, 0.3) is 0 Å². The van der Waals surface area contributed by atoms with Crippen LogP contribution in [0.15, 0.2) is 18.2 Å². The van der Waals surface area contributed by atoms with Gasteiger partial charge in [-0.15, -0.1) is 0 Å². The molecule has 0 spiro atoms. The molecule has 1 atom stereocenters. The van der Waals surface area contributed by atoms with Crippen molar-refractivity contribution in [1.82, 2.24) is 0 Å². The first kappa shape index (κ1) is 11.8. The van der Waals surface area contributed by atoms with E-state index in [2.05, 4.69) is 5.32 Å². The number of halogens is 3. The van der Waals surface area contributed by atoms with Gasteiger partial charge >= 0.3 is 6.18 Å². The van der Waals surface area contributed by atoms with Crippen molar-refractivity contribution >= 4 is 17.3 Å². The molecule has 92 valence electrons. The highest BCUT2D eigenvalue weighted by Gasteiger charge is 2.34. The van der Waals surface area contributed by atoms with E-state index in [1.54, 1.807) is 6.92 Å². The van der Waals surface area contributed by atoms with Crippen LogP contribution in [-0.2, 0) is 11.0 Å². The minimum atomic E-state index is -4.40. The maximum absolute atomic E-state index is 12.5. The van der Waals surface area contributed by atoms with Crippen molar-refractivity contribution in [3.63, 3.8) is 0 Å². The summed E-state index contributed by atoms with van der Waals surface area (Å²) in [6.45, 7) is 1.67. The first-order chi connectivity index (χ1) is 7.80. The van der Waals surface area contributed by atoms with Gasteiger partial charge in [-0.3, -0.25) is 4.79 Å². The second-order valence-electron chi connectivity index (χ2n) is 3.99. The number of rotatable bonds is 0. The number of carbonyl (C=O) groups is 1. The van der Waals surface area contributed by atoms with E-state index in [0.29, 0.717) is 5.69 Å². The van der Waals surface area contributed by atoms with Gasteiger partial charge in [0.05, 0.1) is 16.9 Å². The van der Waals surface area contributed by atoms with Crippen molar-refractivity contribution in [3.8, 4) is 0 Å². The lowest BCUT2D eigenvalue weighted by molar-refractivity contribution is -0.137. The SMILES string of the molecule is CC1Nc2ccc(C(F)(F)F)cc2N(C)C1=O. The summed E-state index contributed by atoms with van der Waals surface area (Å²) in [5.74, 6) is -0.253. The number of alkyl halides is 3. The molecule has 0 fully saturated rings. The van der Waals surface area contributed by atoms with Crippen LogP contribution in [0.3, 0.4) is 0 Å². The molecule has 1 aromatic carbocycles. The van der Waals surface area contributed by atoms with Crippen LogP contribution in [-0.4, -0.2) is 19.0 Å². The van der Waals surface area contributed by atoms with Crippen LogP contribution in [0.4, 0.5) is 24.5 Å². The van der Waals surface area contributed by atoms with Gasteiger partial charge in [-0.1, -0.05) is 0 Å². The molecule has 0 bridgehead atoms. The van der Waals surface area contributed by atoms with Crippen molar-refractivity contribution in [1.29, 1.82) is 0 Å². The zero-order chi connectivity index (χ0) is 12.8. The number of nitrogens with one attached hydrogen (secondary N) is 1. The Morgan fingerprint density at radius 1 is 1.35 bits per heavy atom. The standard InChI is InChI=1S/C11H11F3N2O/c1-6-10(17)16(2)9-5-7(11(12,13)14)3-4-8(9)15-6/h3-6,15H,1-2H3. The number of likely N-dealkylation sites (N-methyl/N-ethyl adjacent to an activating group) is 1. The maximum atomic E-state index is 12.5. The molecule has 0 radical (unpaired) electrons. The van der Waals surface area contributed by atoms with Crippen LogP contribution in [0.25, 0.3) is 0 Å². The van der Waals surface area contributed by atoms with Gasteiger partial charge in [0.2, 0.25) is 5.91 Å². The van der Waals surface area contributed by atoms with Crippen LogP contribution < -0.4 is 10.2 Å². The van der Waals surface area contributed by atoms with Crippen LogP contribution in [0, 0.1) is 0 Å². The second kappa shape index (κ2) is 3.65. The normalized spacial score (nSPS) is 19.9. The monoisotopic (exact) mass is 244 g/mol. The fraction of sp³-hybridized carbons (Fsp3) is 0.364. The van der Waals surface area contributed by atoms with Crippen LogP contribution in [0.5, 0.6) is 0 Å². The number of hydrogen-bond donors (Lipinski definition) is 1. The van der Waals surface area contributed by atoms with Gasteiger partial charge in [0.15, 0.2) is 0 Å². The third-order valence-corrected chi connectivity index (χ3v) is 2.76. The highest BCUT2D eigenvalue weighted by Crippen LogP contribution is 2.37. The largest absolute Gasteiger partial charge is 0.416 e. The van der Waals surface area contributed by atoms with Gasteiger partial charge in [-0.2, -0.15) is 13.2 Å². The topological polar surface area (TPSA) is 32.3 Å². The molecule has 0 aromatic heterocycles. The van der Waals surface area contributed by atoms with E-state index in [1.165, 1.54) is 18.0 Å². The highest BCUT2D eigenvalue weighted by molar-refractivity contribution is 6.04. The Hall–Kier alpha value is -1.72. The van der Waals surface area contributed by atoms with Gasteiger partial charge in [0.1, 0.15) is 6.04 Å². The molecule has 1 aliphatic rings. The van der Waals surface area contributed by atoms with E-state index in [4.69, 9.17) is 0 Å². The van der Waals surface area contributed by atoms with Crippen LogP contribution >= 0.6 is 0 Å². The second-order valence-corrected chi connectivity index (χ2v) is 3.99. The molecule has 6 heteroatoms. The molecule has 17 heavy (non-hydrogen) atoms. The Kier molecular flexibility index (Phi) is 2.52. The summed E-state index contributed by atoms with van der Waals surface area (Å²) in [6, 6.07) is 2.90. The molecular formula is C11H11F3N2O. The number of anilines is 2. The number of nitrogens with zero attached hydrogens (tertiary/aromatic N) is 1. The molecular weight excluding hydrogens is 233 g/mol. The molecule has 1 aromatic rings. The fourth-order valence-corrected chi connectivity index (χ4v) is 1.81. The number of fused-ring (bicyclic) bond motifs is 1. The summed E-state index contributed by atoms with van der Waals surface area (Å²) in [5.41, 5.74) is 0.0304. The zero-order valence-electron chi connectivity index (χ0n) is 9.30. The maximum Gasteiger partial charge on any atom is 0.416 e. The molecule has 1 aliphatic heterocycles. The lowest BCUT2D eigenvalue weighted by atomic mass is 10.1. The molecule has 1 heterocycles. The molecule has 2 rings (SSSR count). The van der Waals surface area contributed by atoms with Gasteiger partial charge in [0, 0.05) is 7.05 Å². The third-order valence-electron chi connectivity index (χ3n) is 2.76. The zero-order valence-corrected chi connectivity index (χ0v) is 9.30. The van der Waals surface area contributed by atoms with Crippen molar-refractivity contribution < 1.29 is 18.0 Å². The molecule has 1 amide bonds. The summed E-state index contributed by atoms with van der Waals surface area (Å²) in [5, 5.41) is 2.86.